The SMILES string of the molecule is COc1ccc(C(=O)c2cccc(Br)c2Cl)c(Br)c1. The highest BCUT2D eigenvalue weighted by Gasteiger charge is 2.17. The van der Waals surface area contributed by atoms with Gasteiger partial charge in [0.25, 0.3) is 0 Å². The van der Waals surface area contributed by atoms with E-state index in [4.69, 9.17) is 16.3 Å². The molecule has 0 amide bonds. The second-order valence-electron chi connectivity index (χ2n) is 3.78. The third kappa shape index (κ3) is 3.02. The van der Waals surface area contributed by atoms with Crippen LogP contribution in [0.2, 0.25) is 5.02 Å². The summed E-state index contributed by atoms with van der Waals surface area (Å²) in [5, 5.41) is 0.412. The van der Waals surface area contributed by atoms with Crippen LogP contribution in [0.1, 0.15) is 15.9 Å². The molecule has 0 fully saturated rings. The first-order valence-electron chi connectivity index (χ1n) is 5.37. The van der Waals surface area contributed by atoms with Gasteiger partial charge >= 0.3 is 0 Å². The van der Waals surface area contributed by atoms with Crippen LogP contribution in [0.5, 0.6) is 5.75 Å². The van der Waals surface area contributed by atoms with Crippen molar-refractivity contribution in [1.82, 2.24) is 0 Å². The van der Waals surface area contributed by atoms with Gasteiger partial charge in [0.1, 0.15) is 5.75 Å². The molecule has 0 unspecified atom stereocenters. The molecule has 0 saturated heterocycles. The number of halogens is 3. The lowest BCUT2D eigenvalue weighted by molar-refractivity contribution is 0.103. The number of methoxy groups -OCH3 is 1. The van der Waals surface area contributed by atoms with Gasteiger partial charge in [0, 0.05) is 20.1 Å². The van der Waals surface area contributed by atoms with Gasteiger partial charge in [-0.1, -0.05) is 17.7 Å². The molecule has 2 aromatic rings. The van der Waals surface area contributed by atoms with Crippen molar-refractivity contribution in [1.29, 1.82) is 0 Å². The van der Waals surface area contributed by atoms with Gasteiger partial charge in [-0.25, -0.2) is 0 Å². The molecule has 0 bridgehead atoms. The van der Waals surface area contributed by atoms with Gasteiger partial charge in [-0.2, -0.15) is 0 Å². The topological polar surface area (TPSA) is 26.3 Å². The number of carbonyl (C=O) groups is 1. The first-order valence-corrected chi connectivity index (χ1v) is 7.33. The lowest BCUT2D eigenvalue weighted by Crippen LogP contribution is -2.03. The van der Waals surface area contributed by atoms with Crippen LogP contribution in [-0.2, 0) is 0 Å². The van der Waals surface area contributed by atoms with Crippen LogP contribution in [0.15, 0.2) is 45.3 Å². The zero-order chi connectivity index (χ0) is 14.0. The number of carbonyl (C=O) groups excluding carboxylic acids is 1. The van der Waals surface area contributed by atoms with Crippen molar-refractivity contribution in [2.24, 2.45) is 0 Å². The molecule has 0 heterocycles. The molecule has 19 heavy (non-hydrogen) atoms. The van der Waals surface area contributed by atoms with E-state index in [0.717, 1.165) is 0 Å². The summed E-state index contributed by atoms with van der Waals surface area (Å²) in [4.78, 5) is 12.5. The van der Waals surface area contributed by atoms with Gasteiger partial charge < -0.3 is 4.74 Å². The summed E-state index contributed by atoms with van der Waals surface area (Å²) in [5.41, 5.74) is 1.00. The third-order valence-electron chi connectivity index (χ3n) is 2.62. The van der Waals surface area contributed by atoms with Crippen molar-refractivity contribution >= 4 is 49.2 Å². The van der Waals surface area contributed by atoms with Gasteiger partial charge in [0.05, 0.1) is 12.1 Å². The van der Waals surface area contributed by atoms with E-state index in [9.17, 15) is 4.79 Å². The van der Waals surface area contributed by atoms with E-state index in [1.807, 2.05) is 0 Å². The molecule has 0 aromatic heterocycles. The molecule has 98 valence electrons. The molecular weight excluding hydrogens is 395 g/mol. The second kappa shape index (κ2) is 6.07. The average molecular weight is 404 g/mol. The number of ketones is 1. The standard InChI is InChI=1S/C14H9Br2ClO2/c1-19-8-5-6-9(12(16)7-8)14(18)10-3-2-4-11(15)13(10)17/h2-7H,1H3. The highest BCUT2D eigenvalue weighted by Crippen LogP contribution is 2.30. The summed E-state index contributed by atoms with van der Waals surface area (Å²) in [6.45, 7) is 0. The number of ether oxygens (including phenoxy) is 1. The first kappa shape index (κ1) is 14.6. The minimum absolute atomic E-state index is 0.138. The van der Waals surface area contributed by atoms with Crippen molar-refractivity contribution in [3.8, 4) is 5.75 Å². The zero-order valence-electron chi connectivity index (χ0n) is 9.91. The summed E-state index contributed by atoms with van der Waals surface area (Å²) in [7, 11) is 1.58. The lowest BCUT2D eigenvalue weighted by Gasteiger charge is -2.08. The number of hydrogen-bond acceptors (Lipinski definition) is 2. The Kier molecular flexibility index (Phi) is 4.66. The van der Waals surface area contributed by atoms with Crippen LogP contribution in [0.25, 0.3) is 0 Å². The molecule has 0 saturated carbocycles. The number of benzene rings is 2. The molecule has 5 heteroatoms. The van der Waals surface area contributed by atoms with Crippen molar-refractivity contribution in [3.05, 3.63) is 61.5 Å². The van der Waals surface area contributed by atoms with Crippen molar-refractivity contribution in [2.75, 3.05) is 7.11 Å². The van der Waals surface area contributed by atoms with E-state index < -0.39 is 0 Å². The molecule has 0 aliphatic heterocycles. The third-order valence-corrected chi connectivity index (χ3v) is 4.57. The van der Waals surface area contributed by atoms with Crippen molar-refractivity contribution in [3.63, 3.8) is 0 Å². The highest BCUT2D eigenvalue weighted by molar-refractivity contribution is 9.10. The number of hydrogen-bond donors (Lipinski definition) is 0. The quantitative estimate of drug-likeness (QED) is 0.665. The Bertz CT molecular complexity index is 641. The summed E-state index contributed by atoms with van der Waals surface area (Å²) in [6, 6.07) is 10.5. The van der Waals surface area contributed by atoms with Crippen LogP contribution < -0.4 is 4.74 Å². The Labute approximate surface area is 133 Å². The number of rotatable bonds is 3. The van der Waals surface area contributed by atoms with E-state index in [0.29, 0.717) is 30.8 Å². The fourth-order valence-corrected chi connectivity index (χ4v) is 2.75. The van der Waals surface area contributed by atoms with E-state index in [-0.39, 0.29) is 5.78 Å². The minimum atomic E-state index is -0.138. The van der Waals surface area contributed by atoms with E-state index in [2.05, 4.69) is 31.9 Å². The van der Waals surface area contributed by atoms with E-state index in [1.54, 1.807) is 43.5 Å². The molecule has 0 aliphatic rings. The maximum atomic E-state index is 12.5. The maximum Gasteiger partial charge on any atom is 0.195 e. The van der Waals surface area contributed by atoms with Crippen LogP contribution in [0, 0.1) is 0 Å². The van der Waals surface area contributed by atoms with Gasteiger partial charge in [-0.05, 0) is 62.2 Å². The molecule has 2 aromatic carbocycles. The Morgan fingerprint density at radius 2 is 1.84 bits per heavy atom. The zero-order valence-corrected chi connectivity index (χ0v) is 13.8. The average Bonchev–Trinajstić information content (AvgIpc) is 2.41. The van der Waals surface area contributed by atoms with E-state index >= 15 is 0 Å². The summed E-state index contributed by atoms with van der Waals surface area (Å²) in [6.07, 6.45) is 0. The fraction of sp³-hybridized carbons (Fsp3) is 0.0714. The molecule has 0 atom stereocenters. The molecule has 0 N–H and O–H groups in total. The summed E-state index contributed by atoms with van der Waals surface area (Å²) < 4.78 is 6.48. The van der Waals surface area contributed by atoms with Crippen molar-refractivity contribution in [2.45, 2.75) is 0 Å². The summed E-state index contributed by atoms with van der Waals surface area (Å²) in [5.74, 6) is 0.546. The normalized spacial score (nSPS) is 10.3. The molecule has 2 rings (SSSR count). The molecule has 0 spiro atoms. The largest absolute Gasteiger partial charge is 0.497 e. The maximum absolute atomic E-state index is 12.5. The van der Waals surface area contributed by atoms with Crippen molar-refractivity contribution < 1.29 is 9.53 Å². The van der Waals surface area contributed by atoms with Gasteiger partial charge in [-0.3, -0.25) is 4.79 Å². The van der Waals surface area contributed by atoms with Gasteiger partial charge in [0.2, 0.25) is 0 Å². The van der Waals surface area contributed by atoms with Crippen LogP contribution in [0.3, 0.4) is 0 Å². The van der Waals surface area contributed by atoms with Gasteiger partial charge in [-0.15, -0.1) is 0 Å². The molecule has 0 aliphatic carbocycles. The molecular formula is C14H9Br2ClO2. The lowest BCUT2D eigenvalue weighted by atomic mass is 10.0. The second-order valence-corrected chi connectivity index (χ2v) is 5.86. The Hall–Kier alpha value is -0.840. The fourth-order valence-electron chi connectivity index (χ4n) is 1.63. The summed E-state index contributed by atoms with van der Waals surface area (Å²) >= 11 is 12.8. The molecule has 0 radical (unpaired) electrons. The van der Waals surface area contributed by atoms with Crippen LogP contribution >= 0.6 is 43.5 Å². The Morgan fingerprint density at radius 1 is 1.11 bits per heavy atom. The predicted molar refractivity (Wildman–Crippen MR) is 83.3 cm³/mol. The van der Waals surface area contributed by atoms with E-state index in [1.165, 1.54) is 0 Å². The van der Waals surface area contributed by atoms with Crippen LogP contribution in [0.4, 0.5) is 0 Å². The first-order chi connectivity index (χ1) is 9.04. The Balaban J connectivity index is 2.47. The molecule has 2 nitrogen and oxygen atoms in total. The smallest absolute Gasteiger partial charge is 0.195 e. The van der Waals surface area contributed by atoms with Gasteiger partial charge in [0.15, 0.2) is 5.78 Å². The Morgan fingerprint density at radius 3 is 2.47 bits per heavy atom. The highest BCUT2D eigenvalue weighted by atomic mass is 79.9. The van der Waals surface area contributed by atoms with Crippen LogP contribution in [-0.4, -0.2) is 12.9 Å². The predicted octanol–water partition coefficient (Wildman–Crippen LogP) is 5.10. The monoisotopic (exact) mass is 402 g/mol. The minimum Gasteiger partial charge on any atom is -0.497 e.